The van der Waals surface area contributed by atoms with Crippen LogP contribution < -0.4 is 5.32 Å². The third-order valence-corrected chi connectivity index (χ3v) is 4.31. The van der Waals surface area contributed by atoms with Crippen LogP contribution in [0.3, 0.4) is 0 Å². The van der Waals surface area contributed by atoms with Crippen molar-refractivity contribution in [2.24, 2.45) is 0 Å². The van der Waals surface area contributed by atoms with Crippen molar-refractivity contribution in [3.8, 4) is 0 Å². The number of hydrogen-bond donors (Lipinski definition) is 1. The smallest absolute Gasteiger partial charge is 0.0900 e. The first kappa shape index (κ1) is 14.0. The maximum atomic E-state index is 5.95. The molecule has 1 heterocycles. The van der Waals surface area contributed by atoms with Crippen molar-refractivity contribution in [3.05, 3.63) is 16.1 Å². The number of aromatic nitrogens is 1. The molecule has 1 fully saturated rings. The summed E-state index contributed by atoms with van der Waals surface area (Å²) >= 11 is 1.70. The lowest BCUT2D eigenvalue weighted by Crippen LogP contribution is -2.35. The van der Waals surface area contributed by atoms with Gasteiger partial charge >= 0.3 is 0 Å². The average Bonchev–Trinajstić information content (AvgIpc) is 2.81. The molecule has 0 amide bonds. The molecule has 4 heteroatoms. The van der Waals surface area contributed by atoms with E-state index < -0.39 is 0 Å². The second kappa shape index (κ2) is 7.22. The highest BCUT2D eigenvalue weighted by atomic mass is 32.1. The molecule has 0 spiro atoms. The highest BCUT2D eigenvalue weighted by Gasteiger charge is 2.21. The highest BCUT2D eigenvalue weighted by molar-refractivity contribution is 7.09. The molecule has 1 aliphatic rings. The van der Waals surface area contributed by atoms with Crippen LogP contribution in [-0.4, -0.2) is 23.7 Å². The van der Waals surface area contributed by atoms with Crippen LogP contribution in [-0.2, 0) is 11.3 Å². The molecule has 18 heavy (non-hydrogen) atoms. The number of thiazole rings is 1. The molecule has 0 saturated heterocycles. The molecular weight excluding hydrogens is 244 g/mol. The van der Waals surface area contributed by atoms with E-state index in [1.54, 1.807) is 11.3 Å². The maximum absolute atomic E-state index is 5.95. The Kier molecular flexibility index (Phi) is 5.60. The number of aryl methyl sites for hydroxylation is 1. The maximum Gasteiger partial charge on any atom is 0.0900 e. The van der Waals surface area contributed by atoms with Crippen LogP contribution >= 0.6 is 11.3 Å². The molecule has 0 bridgehead atoms. The molecule has 0 atom stereocenters. The normalized spacial score (nSPS) is 24.3. The highest BCUT2D eigenvalue weighted by Crippen LogP contribution is 2.22. The van der Waals surface area contributed by atoms with Crippen LogP contribution in [0, 0.1) is 6.92 Å². The first-order chi connectivity index (χ1) is 8.78. The number of hydrogen-bond acceptors (Lipinski definition) is 4. The second-order valence-electron chi connectivity index (χ2n) is 5.10. The predicted octanol–water partition coefficient (Wildman–Crippen LogP) is 3.28. The Labute approximate surface area is 114 Å². The first-order valence-electron chi connectivity index (χ1n) is 7.04. The monoisotopic (exact) mass is 268 g/mol. The van der Waals surface area contributed by atoms with Gasteiger partial charge in [-0.25, -0.2) is 4.98 Å². The Bertz CT molecular complexity index is 345. The number of nitrogens with one attached hydrogen (secondary N) is 1. The number of nitrogens with zero attached hydrogens (tertiary/aromatic N) is 1. The molecule has 0 radical (unpaired) electrons. The zero-order valence-electron chi connectivity index (χ0n) is 11.4. The van der Waals surface area contributed by atoms with E-state index in [1.807, 2.05) is 6.92 Å². The zero-order valence-corrected chi connectivity index (χ0v) is 12.3. The fraction of sp³-hybridized carbons (Fsp3) is 0.786. The van der Waals surface area contributed by atoms with Crippen molar-refractivity contribution in [2.45, 2.75) is 64.7 Å². The molecule has 3 nitrogen and oxygen atoms in total. The topological polar surface area (TPSA) is 34.1 Å². The van der Waals surface area contributed by atoms with Crippen LogP contribution in [0.1, 0.15) is 49.7 Å². The van der Waals surface area contributed by atoms with Crippen LogP contribution in [0.25, 0.3) is 0 Å². The first-order valence-corrected chi connectivity index (χ1v) is 7.92. The predicted molar refractivity (Wildman–Crippen MR) is 76.0 cm³/mol. The lowest BCUT2D eigenvalue weighted by molar-refractivity contribution is 0.0100. The van der Waals surface area contributed by atoms with E-state index in [0.29, 0.717) is 18.8 Å². The summed E-state index contributed by atoms with van der Waals surface area (Å²) in [6.07, 6.45) is 6.53. The van der Waals surface area contributed by atoms with Crippen LogP contribution in [0.5, 0.6) is 0 Å². The molecule has 0 unspecified atom stereocenters. The molecule has 1 aliphatic carbocycles. The van der Waals surface area contributed by atoms with E-state index in [1.165, 1.54) is 32.1 Å². The summed E-state index contributed by atoms with van der Waals surface area (Å²) in [5.74, 6) is 0. The second-order valence-corrected chi connectivity index (χ2v) is 6.16. The Morgan fingerprint density at radius 3 is 2.78 bits per heavy atom. The fourth-order valence-corrected chi connectivity index (χ4v) is 3.06. The van der Waals surface area contributed by atoms with Gasteiger partial charge in [0.05, 0.1) is 23.4 Å². The SMILES string of the molecule is CCCNC1CCC(OCc2csc(C)n2)CC1. The van der Waals surface area contributed by atoms with Crippen LogP contribution in [0.15, 0.2) is 5.38 Å². The van der Waals surface area contributed by atoms with Gasteiger partial charge in [0, 0.05) is 11.4 Å². The summed E-state index contributed by atoms with van der Waals surface area (Å²) in [5.41, 5.74) is 1.09. The van der Waals surface area contributed by atoms with Gasteiger partial charge in [0.15, 0.2) is 0 Å². The molecule has 0 aliphatic heterocycles. The molecule has 102 valence electrons. The summed E-state index contributed by atoms with van der Waals surface area (Å²) in [6, 6.07) is 0.714. The summed E-state index contributed by atoms with van der Waals surface area (Å²) in [5, 5.41) is 6.83. The van der Waals surface area contributed by atoms with Crippen LogP contribution in [0.4, 0.5) is 0 Å². The van der Waals surface area contributed by atoms with E-state index in [2.05, 4.69) is 22.6 Å². The number of rotatable bonds is 6. The minimum absolute atomic E-state index is 0.437. The minimum atomic E-state index is 0.437. The molecule has 2 rings (SSSR count). The van der Waals surface area contributed by atoms with Gasteiger partial charge in [-0.2, -0.15) is 0 Å². The Balaban J connectivity index is 1.64. The van der Waals surface area contributed by atoms with Crippen molar-refractivity contribution in [1.82, 2.24) is 10.3 Å². The molecule has 0 aromatic carbocycles. The van der Waals surface area contributed by atoms with Gasteiger partial charge in [0.25, 0.3) is 0 Å². The van der Waals surface area contributed by atoms with E-state index in [4.69, 9.17) is 4.74 Å². The third-order valence-electron chi connectivity index (χ3n) is 3.49. The Morgan fingerprint density at radius 2 is 2.17 bits per heavy atom. The van der Waals surface area contributed by atoms with Crippen molar-refractivity contribution < 1.29 is 4.74 Å². The summed E-state index contributed by atoms with van der Waals surface area (Å²) in [4.78, 5) is 4.43. The van der Waals surface area contributed by atoms with Gasteiger partial charge in [-0.1, -0.05) is 6.92 Å². The van der Waals surface area contributed by atoms with E-state index >= 15 is 0 Å². The number of ether oxygens (including phenoxy) is 1. The molecule has 1 aromatic heterocycles. The van der Waals surface area contributed by atoms with Gasteiger partial charge in [0.1, 0.15) is 0 Å². The molecule has 1 aromatic rings. The van der Waals surface area contributed by atoms with Gasteiger partial charge < -0.3 is 10.1 Å². The third kappa shape index (κ3) is 4.34. The lowest BCUT2D eigenvalue weighted by atomic mass is 9.93. The average molecular weight is 268 g/mol. The zero-order chi connectivity index (χ0) is 12.8. The summed E-state index contributed by atoms with van der Waals surface area (Å²) in [7, 11) is 0. The fourth-order valence-electron chi connectivity index (χ4n) is 2.46. The van der Waals surface area contributed by atoms with Crippen LogP contribution in [0.2, 0.25) is 0 Å². The Morgan fingerprint density at radius 1 is 1.39 bits per heavy atom. The van der Waals surface area contributed by atoms with Crippen molar-refractivity contribution in [2.75, 3.05) is 6.54 Å². The summed E-state index contributed by atoms with van der Waals surface area (Å²) in [6.45, 7) is 6.09. The molecular formula is C14H24N2OS. The van der Waals surface area contributed by atoms with Crippen molar-refractivity contribution in [1.29, 1.82) is 0 Å². The lowest BCUT2D eigenvalue weighted by Gasteiger charge is -2.29. The van der Waals surface area contributed by atoms with Gasteiger partial charge in [0.2, 0.25) is 0 Å². The van der Waals surface area contributed by atoms with Crippen molar-refractivity contribution in [3.63, 3.8) is 0 Å². The minimum Gasteiger partial charge on any atom is -0.372 e. The van der Waals surface area contributed by atoms with E-state index in [9.17, 15) is 0 Å². The summed E-state index contributed by atoms with van der Waals surface area (Å²) < 4.78 is 5.95. The standard InChI is InChI=1S/C14H24N2OS/c1-3-8-15-12-4-6-14(7-5-12)17-9-13-10-18-11(2)16-13/h10,12,14-15H,3-9H2,1-2H3. The van der Waals surface area contributed by atoms with Gasteiger partial charge in [-0.3, -0.25) is 0 Å². The van der Waals surface area contributed by atoms with E-state index in [0.717, 1.165) is 17.2 Å². The van der Waals surface area contributed by atoms with Crippen molar-refractivity contribution >= 4 is 11.3 Å². The quantitative estimate of drug-likeness (QED) is 0.859. The Hall–Kier alpha value is -0.450. The largest absolute Gasteiger partial charge is 0.372 e. The van der Waals surface area contributed by atoms with Gasteiger partial charge in [-0.05, 0) is 45.6 Å². The van der Waals surface area contributed by atoms with Gasteiger partial charge in [-0.15, -0.1) is 11.3 Å². The molecule has 1 N–H and O–H groups in total. The van der Waals surface area contributed by atoms with E-state index in [-0.39, 0.29) is 0 Å². The molecule has 1 saturated carbocycles.